The Labute approximate surface area is 132 Å². The molecule has 0 radical (unpaired) electrons. The number of carboxylic acids is 1. The molecule has 0 amide bonds. The first-order valence-electron chi connectivity index (χ1n) is 8.00. The van der Waals surface area contributed by atoms with Crippen LogP contribution in [0.1, 0.15) is 51.6 Å². The number of allylic oxidation sites excluding steroid dienone is 1. The number of unbranched alkanes of at least 4 members (excludes halogenated alkanes) is 1. The first kappa shape index (κ1) is 16.3. The topological polar surface area (TPSA) is 42.2 Å². The van der Waals surface area contributed by atoms with Gasteiger partial charge in [0.15, 0.2) is 0 Å². The third-order valence-electron chi connectivity index (χ3n) is 4.09. The van der Waals surface area contributed by atoms with Crippen LogP contribution in [0.3, 0.4) is 0 Å². The summed E-state index contributed by atoms with van der Waals surface area (Å²) in [5, 5.41) is 10.0. The van der Waals surface area contributed by atoms with E-state index in [1.807, 2.05) is 6.92 Å². The summed E-state index contributed by atoms with van der Waals surface area (Å²) in [6.45, 7) is 6.35. The number of aliphatic carboxylic acids is 1. The van der Waals surface area contributed by atoms with Gasteiger partial charge in [-0.15, -0.1) is 0 Å². The predicted octanol–water partition coefficient (Wildman–Crippen LogP) is 4.97. The fourth-order valence-electron chi connectivity index (χ4n) is 2.93. The molecule has 1 heterocycles. The Morgan fingerprint density at radius 2 is 2.14 bits per heavy atom. The molecule has 0 aliphatic carbocycles. The monoisotopic (exact) mass is 299 g/mol. The van der Waals surface area contributed by atoms with Crippen LogP contribution in [-0.2, 0) is 11.2 Å². The molecule has 0 saturated heterocycles. The minimum atomic E-state index is -0.880. The molecule has 1 N–H and O–H groups in total. The molecule has 3 heteroatoms. The fourth-order valence-corrected chi connectivity index (χ4v) is 2.93. The van der Waals surface area contributed by atoms with Crippen molar-refractivity contribution in [3.8, 4) is 0 Å². The van der Waals surface area contributed by atoms with Crippen molar-refractivity contribution in [2.24, 2.45) is 0 Å². The average molecular weight is 299 g/mol. The van der Waals surface area contributed by atoms with Gasteiger partial charge in [0, 0.05) is 23.8 Å². The first-order valence-corrected chi connectivity index (χ1v) is 8.00. The van der Waals surface area contributed by atoms with Crippen LogP contribution in [0.25, 0.3) is 10.9 Å². The van der Waals surface area contributed by atoms with Crippen LogP contribution in [0, 0.1) is 0 Å². The Morgan fingerprint density at radius 1 is 1.36 bits per heavy atom. The Hall–Kier alpha value is -2.03. The Kier molecular flexibility index (Phi) is 5.42. The molecule has 3 nitrogen and oxygen atoms in total. The van der Waals surface area contributed by atoms with Gasteiger partial charge in [-0.25, -0.2) is 4.79 Å². The molecule has 0 fully saturated rings. The summed E-state index contributed by atoms with van der Waals surface area (Å²) in [7, 11) is 0. The molecule has 118 valence electrons. The lowest BCUT2D eigenvalue weighted by Crippen LogP contribution is -2.03. The molecule has 22 heavy (non-hydrogen) atoms. The second-order valence-corrected chi connectivity index (χ2v) is 6.11. The largest absolute Gasteiger partial charge is 0.478 e. The summed E-state index contributed by atoms with van der Waals surface area (Å²) in [6, 6.07) is 9.08. The molecule has 2 rings (SSSR count). The maximum atomic E-state index is 10.7. The van der Waals surface area contributed by atoms with Gasteiger partial charge in [-0.1, -0.05) is 31.4 Å². The van der Waals surface area contributed by atoms with E-state index >= 15 is 0 Å². The van der Waals surface area contributed by atoms with Crippen molar-refractivity contribution < 1.29 is 9.90 Å². The third-order valence-corrected chi connectivity index (χ3v) is 4.09. The smallest absolute Gasteiger partial charge is 0.328 e. The van der Waals surface area contributed by atoms with E-state index in [0.29, 0.717) is 12.5 Å². The van der Waals surface area contributed by atoms with E-state index < -0.39 is 5.97 Å². The van der Waals surface area contributed by atoms with Gasteiger partial charge < -0.3 is 9.67 Å². The van der Waals surface area contributed by atoms with Crippen LogP contribution in [0.4, 0.5) is 0 Å². The van der Waals surface area contributed by atoms with E-state index in [9.17, 15) is 4.79 Å². The number of nitrogens with zero attached hydrogens (tertiary/aromatic N) is 1. The minimum Gasteiger partial charge on any atom is -0.478 e. The lowest BCUT2D eigenvalue weighted by molar-refractivity contribution is -0.131. The zero-order chi connectivity index (χ0) is 16.1. The quantitative estimate of drug-likeness (QED) is 0.734. The van der Waals surface area contributed by atoms with E-state index in [4.69, 9.17) is 5.11 Å². The fraction of sp³-hybridized carbons (Fsp3) is 0.421. The molecule has 0 bridgehead atoms. The van der Waals surface area contributed by atoms with E-state index in [2.05, 4.69) is 48.9 Å². The highest BCUT2D eigenvalue weighted by molar-refractivity contribution is 5.82. The van der Waals surface area contributed by atoms with Crippen molar-refractivity contribution >= 4 is 16.9 Å². The van der Waals surface area contributed by atoms with Crippen LogP contribution in [-0.4, -0.2) is 15.6 Å². The number of benzene rings is 1. The Balaban J connectivity index is 2.21. The molecular weight excluding hydrogens is 274 g/mol. The lowest BCUT2D eigenvalue weighted by Gasteiger charge is -2.15. The number of carboxylic acid groups (broad SMARTS) is 1. The van der Waals surface area contributed by atoms with Gasteiger partial charge in [0.2, 0.25) is 0 Å². The molecule has 2 aromatic rings. The van der Waals surface area contributed by atoms with Crippen LogP contribution < -0.4 is 0 Å². The van der Waals surface area contributed by atoms with Crippen LogP contribution in [0.15, 0.2) is 42.1 Å². The van der Waals surface area contributed by atoms with Gasteiger partial charge in [-0.2, -0.15) is 0 Å². The molecule has 0 saturated carbocycles. The van der Waals surface area contributed by atoms with E-state index in [1.54, 1.807) is 0 Å². The highest BCUT2D eigenvalue weighted by Crippen LogP contribution is 2.25. The molecule has 0 aliphatic heterocycles. The Bertz CT molecular complexity index is 682. The van der Waals surface area contributed by atoms with Crippen molar-refractivity contribution in [3.63, 3.8) is 0 Å². The molecule has 1 atom stereocenters. The minimum absolute atomic E-state index is 0.511. The number of aromatic nitrogens is 1. The van der Waals surface area contributed by atoms with E-state index in [0.717, 1.165) is 11.1 Å². The van der Waals surface area contributed by atoms with Gasteiger partial charge in [0.05, 0.1) is 0 Å². The molecule has 0 aliphatic rings. The molecule has 0 spiro atoms. The van der Waals surface area contributed by atoms with E-state index in [1.165, 1.54) is 36.2 Å². The highest BCUT2D eigenvalue weighted by atomic mass is 16.4. The maximum absolute atomic E-state index is 10.7. The normalized spacial score (nSPS) is 13.5. The van der Waals surface area contributed by atoms with Crippen molar-refractivity contribution in [1.29, 1.82) is 0 Å². The van der Waals surface area contributed by atoms with Crippen molar-refractivity contribution in [1.82, 2.24) is 4.57 Å². The van der Waals surface area contributed by atoms with Crippen LogP contribution in [0.2, 0.25) is 0 Å². The van der Waals surface area contributed by atoms with Crippen molar-refractivity contribution in [3.05, 3.63) is 47.7 Å². The summed E-state index contributed by atoms with van der Waals surface area (Å²) < 4.78 is 2.34. The zero-order valence-corrected chi connectivity index (χ0v) is 13.7. The Morgan fingerprint density at radius 3 is 2.82 bits per heavy atom. The SMILES string of the molecule is CCCCC(C)n1ccc2cc(CC(C)=CC(=O)O)ccc21. The summed E-state index contributed by atoms with van der Waals surface area (Å²) in [5.41, 5.74) is 3.27. The highest BCUT2D eigenvalue weighted by Gasteiger charge is 2.08. The molecular formula is C19H25NO2. The third kappa shape index (κ3) is 4.00. The van der Waals surface area contributed by atoms with E-state index in [-0.39, 0.29) is 0 Å². The molecule has 1 unspecified atom stereocenters. The zero-order valence-electron chi connectivity index (χ0n) is 13.7. The number of fused-ring (bicyclic) bond motifs is 1. The number of rotatable bonds is 7. The molecule has 1 aromatic carbocycles. The van der Waals surface area contributed by atoms with Gasteiger partial charge >= 0.3 is 5.97 Å². The van der Waals surface area contributed by atoms with Crippen LogP contribution in [0.5, 0.6) is 0 Å². The predicted molar refractivity (Wildman–Crippen MR) is 91.3 cm³/mol. The maximum Gasteiger partial charge on any atom is 0.328 e. The van der Waals surface area contributed by atoms with Crippen molar-refractivity contribution in [2.75, 3.05) is 0 Å². The second-order valence-electron chi connectivity index (χ2n) is 6.11. The van der Waals surface area contributed by atoms with Crippen molar-refractivity contribution in [2.45, 2.75) is 52.5 Å². The number of hydrogen-bond acceptors (Lipinski definition) is 1. The second kappa shape index (κ2) is 7.30. The number of carbonyl (C=O) groups is 1. The summed E-state index contributed by atoms with van der Waals surface area (Å²) >= 11 is 0. The average Bonchev–Trinajstić information content (AvgIpc) is 2.86. The summed E-state index contributed by atoms with van der Waals surface area (Å²) in [5.74, 6) is -0.880. The van der Waals surface area contributed by atoms with Gasteiger partial charge in [-0.3, -0.25) is 0 Å². The first-order chi connectivity index (χ1) is 10.5. The van der Waals surface area contributed by atoms with Gasteiger partial charge in [0.25, 0.3) is 0 Å². The summed E-state index contributed by atoms with van der Waals surface area (Å²) in [6.07, 6.45) is 7.79. The van der Waals surface area contributed by atoms with Crippen LogP contribution >= 0.6 is 0 Å². The summed E-state index contributed by atoms with van der Waals surface area (Å²) in [4.78, 5) is 10.7. The standard InChI is InChI=1S/C19H25NO2/c1-4-5-6-15(3)20-10-9-17-13-16(7-8-18(17)20)11-14(2)12-19(21)22/h7-10,12-13,15H,4-6,11H2,1-3H3,(H,21,22). The number of hydrogen-bond donors (Lipinski definition) is 1. The lowest BCUT2D eigenvalue weighted by atomic mass is 10.0. The van der Waals surface area contributed by atoms with Gasteiger partial charge in [0.1, 0.15) is 0 Å². The van der Waals surface area contributed by atoms with Gasteiger partial charge in [-0.05, 0) is 55.8 Å². The molecule has 1 aromatic heterocycles.